The van der Waals surface area contributed by atoms with Crippen LogP contribution < -0.4 is 9.47 Å². The molecule has 0 atom stereocenters. The van der Waals surface area contributed by atoms with Crippen LogP contribution in [0.3, 0.4) is 0 Å². The van der Waals surface area contributed by atoms with Crippen molar-refractivity contribution in [2.24, 2.45) is 0 Å². The molecule has 4 aromatic rings. The fourth-order valence-corrected chi connectivity index (χ4v) is 3.82. The molecule has 3 nitrogen and oxygen atoms in total. The molecule has 0 aliphatic carbocycles. The van der Waals surface area contributed by atoms with Crippen LogP contribution in [-0.4, -0.2) is 18.7 Å². The van der Waals surface area contributed by atoms with Crippen LogP contribution in [0.1, 0.15) is 18.1 Å². The number of hydrogen-bond acceptors (Lipinski definition) is 3. The van der Waals surface area contributed by atoms with Gasteiger partial charge >= 0.3 is 0 Å². The normalized spacial score (nSPS) is 10.9. The molecule has 0 fully saturated rings. The van der Waals surface area contributed by atoms with Gasteiger partial charge in [0.2, 0.25) is 11.7 Å². The number of rotatable bonds is 8. The van der Waals surface area contributed by atoms with Crippen molar-refractivity contribution in [3.05, 3.63) is 101 Å². The monoisotopic (exact) mass is 481 g/mol. The number of ether oxygens (including phenoxy) is 2. The Bertz CT molecular complexity index is 1320. The van der Waals surface area contributed by atoms with Crippen molar-refractivity contribution < 1.29 is 27.0 Å². The van der Waals surface area contributed by atoms with E-state index < -0.39 is 23.3 Å². The number of benzene rings is 3. The summed E-state index contributed by atoms with van der Waals surface area (Å²) in [6.45, 7) is 1.92. The molecular formula is C28H23F4NO2. The van der Waals surface area contributed by atoms with Crippen molar-refractivity contribution in [3.63, 3.8) is 0 Å². The van der Waals surface area contributed by atoms with Crippen LogP contribution >= 0.6 is 0 Å². The second-order valence-corrected chi connectivity index (χ2v) is 7.86. The largest absolute Gasteiger partial charge is 0.491 e. The van der Waals surface area contributed by atoms with E-state index in [1.54, 1.807) is 49.4 Å². The van der Waals surface area contributed by atoms with Crippen molar-refractivity contribution in [1.82, 2.24) is 4.98 Å². The Morgan fingerprint density at radius 3 is 2.00 bits per heavy atom. The second kappa shape index (κ2) is 10.6. The number of hydrogen-bond donors (Lipinski definition) is 0. The highest BCUT2D eigenvalue weighted by molar-refractivity contribution is 5.66. The van der Waals surface area contributed by atoms with Gasteiger partial charge in [0.05, 0.1) is 13.7 Å². The van der Waals surface area contributed by atoms with Crippen LogP contribution in [0.4, 0.5) is 17.6 Å². The van der Waals surface area contributed by atoms with Gasteiger partial charge in [0.15, 0.2) is 23.2 Å². The van der Waals surface area contributed by atoms with Crippen LogP contribution in [0.5, 0.6) is 11.6 Å². The molecule has 0 N–H and O–H groups in total. The zero-order chi connectivity index (χ0) is 24.9. The molecule has 0 saturated carbocycles. The summed E-state index contributed by atoms with van der Waals surface area (Å²) in [7, 11) is 1.48. The van der Waals surface area contributed by atoms with Crippen molar-refractivity contribution in [2.75, 3.05) is 13.7 Å². The van der Waals surface area contributed by atoms with Gasteiger partial charge in [-0.3, -0.25) is 0 Å². The fourth-order valence-electron chi connectivity index (χ4n) is 3.82. The van der Waals surface area contributed by atoms with Gasteiger partial charge in [-0.15, -0.1) is 0 Å². The minimum Gasteiger partial charge on any atom is -0.491 e. The molecule has 0 aliphatic heterocycles. The molecule has 3 aromatic carbocycles. The minimum atomic E-state index is -1.03. The van der Waals surface area contributed by atoms with Crippen molar-refractivity contribution >= 4 is 0 Å². The number of nitrogens with zero attached hydrogens (tertiary/aromatic N) is 1. The lowest BCUT2D eigenvalue weighted by Crippen LogP contribution is -2.00. The van der Waals surface area contributed by atoms with Gasteiger partial charge < -0.3 is 9.47 Å². The maximum atomic E-state index is 14.7. The molecule has 0 amide bonds. The van der Waals surface area contributed by atoms with Crippen molar-refractivity contribution in [1.29, 1.82) is 0 Å². The predicted molar refractivity (Wildman–Crippen MR) is 127 cm³/mol. The van der Waals surface area contributed by atoms with Gasteiger partial charge in [-0.25, -0.2) is 18.2 Å². The number of aryl methyl sites for hydroxylation is 2. The molecule has 0 aliphatic rings. The minimum absolute atomic E-state index is 0.120. The summed E-state index contributed by atoms with van der Waals surface area (Å²) in [4.78, 5) is 4.03. The third-order valence-corrected chi connectivity index (χ3v) is 5.71. The Balaban J connectivity index is 1.47. The molecule has 0 bridgehead atoms. The van der Waals surface area contributed by atoms with Crippen molar-refractivity contribution in [3.8, 4) is 33.9 Å². The lowest BCUT2D eigenvalue weighted by Gasteiger charge is -2.11. The highest BCUT2D eigenvalue weighted by Gasteiger charge is 2.17. The standard InChI is InChI=1S/C28H23F4NO2/c1-3-35-23-14-13-21(27(31)28(23)32)18-7-4-17(5-8-18)6-9-19-10-12-22(26(30)25(19)29)20-11-15-24(34-2)33-16-20/h4-5,7-8,10-16H,3,6,9H2,1-2H3. The molecule has 180 valence electrons. The van der Waals surface area contributed by atoms with E-state index in [4.69, 9.17) is 9.47 Å². The summed E-state index contributed by atoms with van der Waals surface area (Å²) in [5.41, 5.74) is 2.29. The van der Waals surface area contributed by atoms with Crippen LogP contribution in [0.15, 0.2) is 66.9 Å². The maximum absolute atomic E-state index is 14.7. The van der Waals surface area contributed by atoms with Gasteiger partial charge in [0.25, 0.3) is 0 Å². The highest BCUT2D eigenvalue weighted by atomic mass is 19.2. The Kier molecular flexibility index (Phi) is 7.34. The van der Waals surface area contributed by atoms with Gasteiger partial charge in [-0.1, -0.05) is 36.4 Å². The van der Waals surface area contributed by atoms with Crippen molar-refractivity contribution in [2.45, 2.75) is 19.8 Å². The average Bonchev–Trinajstić information content (AvgIpc) is 2.88. The first-order valence-electron chi connectivity index (χ1n) is 11.1. The zero-order valence-corrected chi connectivity index (χ0v) is 19.2. The summed E-state index contributed by atoms with van der Waals surface area (Å²) in [5.74, 6) is -3.59. The molecule has 4 rings (SSSR count). The van der Waals surface area contributed by atoms with Crippen LogP contribution in [-0.2, 0) is 12.8 Å². The van der Waals surface area contributed by atoms with E-state index in [9.17, 15) is 17.6 Å². The quantitative estimate of drug-likeness (QED) is 0.250. The van der Waals surface area contributed by atoms with E-state index in [0.717, 1.165) is 5.56 Å². The van der Waals surface area contributed by atoms with Crippen LogP contribution in [0.25, 0.3) is 22.3 Å². The van der Waals surface area contributed by atoms with E-state index in [-0.39, 0.29) is 35.5 Å². The van der Waals surface area contributed by atoms with E-state index in [0.29, 0.717) is 23.4 Å². The first-order valence-corrected chi connectivity index (χ1v) is 11.1. The van der Waals surface area contributed by atoms with Gasteiger partial charge in [-0.2, -0.15) is 4.39 Å². The fraction of sp³-hybridized carbons (Fsp3) is 0.179. The number of aromatic nitrogens is 1. The first kappa shape index (κ1) is 24.3. The van der Waals surface area contributed by atoms with E-state index >= 15 is 0 Å². The Hall–Kier alpha value is -3.87. The van der Waals surface area contributed by atoms with E-state index in [1.807, 2.05) is 0 Å². The first-order chi connectivity index (χ1) is 16.9. The molecule has 0 saturated heterocycles. The van der Waals surface area contributed by atoms with Gasteiger partial charge in [0.1, 0.15) is 0 Å². The van der Waals surface area contributed by atoms with Gasteiger partial charge in [-0.05, 0) is 54.7 Å². The average molecular weight is 481 g/mol. The maximum Gasteiger partial charge on any atom is 0.212 e. The predicted octanol–water partition coefficient (Wildman–Crippen LogP) is 7.16. The Labute approximate surface area is 201 Å². The Morgan fingerprint density at radius 1 is 0.686 bits per heavy atom. The number of pyridine rings is 1. The molecule has 0 radical (unpaired) electrons. The third-order valence-electron chi connectivity index (χ3n) is 5.71. The molecule has 7 heteroatoms. The summed E-state index contributed by atoms with van der Waals surface area (Å²) in [6, 6.07) is 16.0. The lowest BCUT2D eigenvalue weighted by atomic mass is 9.98. The molecule has 1 heterocycles. The summed E-state index contributed by atoms with van der Waals surface area (Å²) in [6.07, 6.45) is 2.15. The third kappa shape index (κ3) is 5.14. The van der Waals surface area contributed by atoms with Crippen LogP contribution in [0, 0.1) is 23.3 Å². The molecular weight excluding hydrogens is 458 g/mol. The lowest BCUT2D eigenvalue weighted by molar-refractivity contribution is 0.314. The van der Waals surface area contributed by atoms with E-state index in [1.165, 1.54) is 31.5 Å². The van der Waals surface area contributed by atoms with Crippen LogP contribution in [0.2, 0.25) is 0 Å². The molecule has 35 heavy (non-hydrogen) atoms. The Morgan fingerprint density at radius 2 is 1.34 bits per heavy atom. The second-order valence-electron chi connectivity index (χ2n) is 7.86. The molecule has 0 spiro atoms. The summed E-state index contributed by atoms with van der Waals surface area (Å²) >= 11 is 0. The summed E-state index contributed by atoms with van der Waals surface area (Å²) < 4.78 is 68.2. The van der Waals surface area contributed by atoms with E-state index in [2.05, 4.69) is 4.98 Å². The topological polar surface area (TPSA) is 31.4 Å². The number of halogens is 4. The van der Waals surface area contributed by atoms with Gasteiger partial charge in [0, 0.05) is 29.0 Å². The number of methoxy groups -OCH3 is 1. The highest BCUT2D eigenvalue weighted by Crippen LogP contribution is 2.31. The SMILES string of the molecule is CCOc1ccc(-c2ccc(CCc3ccc(-c4ccc(OC)nc4)c(F)c3F)cc2)c(F)c1F. The molecule has 1 aromatic heterocycles. The summed E-state index contributed by atoms with van der Waals surface area (Å²) in [5, 5.41) is 0. The smallest absolute Gasteiger partial charge is 0.212 e. The molecule has 0 unspecified atom stereocenters. The zero-order valence-electron chi connectivity index (χ0n) is 19.2.